The Bertz CT molecular complexity index is 370. The number of Topliss-reactive ketones (excluding diaryl/α,β-unsaturated/α-hetero) is 1. The number of rotatable bonds is 3. The average molecular weight is 255 g/mol. The van der Waals surface area contributed by atoms with Crippen molar-refractivity contribution in [2.75, 3.05) is 0 Å². The molecule has 0 saturated heterocycles. The van der Waals surface area contributed by atoms with E-state index in [0.29, 0.717) is 17.4 Å². The van der Waals surface area contributed by atoms with E-state index in [1.807, 2.05) is 12.1 Å². The Kier molecular flexibility index (Phi) is 2.59. The molecule has 0 atom stereocenters. The van der Waals surface area contributed by atoms with Gasteiger partial charge in [0, 0.05) is 4.47 Å². The van der Waals surface area contributed by atoms with E-state index in [-0.39, 0.29) is 5.78 Å². The van der Waals surface area contributed by atoms with Crippen molar-refractivity contribution in [1.82, 2.24) is 0 Å². The fourth-order valence-electron chi connectivity index (χ4n) is 1.25. The van der Waals surface area contributed by atoms with E-state index in [9.17, 15) is 4.79 Å². The molecule has 0 aliphatic heterocycles. The molecule has 14 heavy (non-hydrogen) atoms. The smallest absolute Gasteiger partial charge is 0.163 e. The lowest BCUT2D eigenvalue weighted by Gasteiger charge is -2.08. The monoisotopic (exact) mass is 254 g/mol. The summed E-state index contributed by atoms with van der Waals surface area (Å²) in [5.74, 6) is 0.755. The number of hydrogen-bond donors (Lipinski definition) is 0. The van der Waals surface area contributed by atoms with Crippen molar-refractivity contribution >= 4 is 21.7 Å². The lowest BCUT2D eigenvalue weighted by molar-refractivity contribution is 0.101. The van der Waals surface area contributed by atoms with E-state index in [4.69, 9.17) is 4.74 Å². The van der Waals surface area contributed by atoms with Crippen LogP contribution in [0, 0.1) is 0 Å². The first-order chi connectivity index (χ1) is 6.66. The van der Waals surface area contributed by atoms with Crippen LogP contribution in [0.5, 0.6) is 5.75 Å². The molecule has 0 heterocycles. The number of carbonyl (C=O) groups is 1. The van der Waals surface area contributed by atoms with Gasteiger partial charge in [0.2, 0.25) is 0 Å². The first-order valence-electron chi connectivity index (χ1n) is 4.64. The van der Waals surface area contributed by atoms with Crippen molar-refractivity contribution in [3.8, 4) is 5.75 Å². The van der Waals surface area contributed by atoms with Gasteiger partial charge in [-0.2, -0.15) is 0 Å². The first-order valence-corrected chi connectivity index (χ1v) is 5.43. The topological polar surface area (TPSA) is 26.3 Å². The van der Waals surface area contributed by atoms with Gasteiger partial charge in [0.25, 0.3) is 0 Å². The van der Waals surface area contributed by atoms with Gasteiger partial charge >= 0.3 is 0 Å². The molecule has 1 saturated carbocycles. The van der Waals surface area contributed by atoms with Gasteiger partial charge in [0.1, 0.15) is 5.75 Å². The zero-order valence-electron chi connectivity index (χ0n) is 7.92. The lowest BCUT2D eigenvalue weighted by Crippen LogP contribution is -2.02. The van der Waals surface area contributed by atoms with E-state index in [1.165, 1.54) is 0 Å². The summed E-state index contributed by atoms with van der Waals surface area (Å²) in [6.07, 6.45) is 2.54. The molecule has 0 aromatic heterocycles. The Morgan fingerprint density at radius 1 is 1.50 bits per heavy atom. The molecule has 3 heteroatoms. The van der Waals surface area contributed by atoms with E-state index < -0.39 is 0 Å². The average Bonchev–Trinajstić information content (AvgIpc) is 2.91. The molecule has 2 nitrogen and oxygen atoms in total. The molecule has 0 spiro atoms. The van der Waals surface area contributed by atoms with Crippen molar-refractivity contribution in [3.63, 3.8) is 0 Å². The fraction of sp³-hybridized carbons (Fsp3) is 0.364. The molecule has 2 rings (SSSR count). The highest BCUT2D eigenvalue weighted by atomic mass is 79.9. The number of hydrogen-bond acceptors (Lipinski definition) is 2. The van der Waals surface area contributed by atoms with Gasteiger partial charge in [-0.05, 0) is 38.0 Å². The second-order valence-corrected chi connectivity index (χ2v) is 4.43. The summed E-state index contributed by atoms with van der Waals surface area (Å²) >= 11 is 3.34. The Hall–Kier alpha value is -0.830. The highest BCUT2D eigenvalue weighted by Crippen LogP contribution is 2.30. The van der Waals surface area contributed by atoms with Gasteiger partial charge in [-0.1, -0.05) is 15.9 Å². The maximum Gasteiger partial charge on any atom is 0.163 e. The van der Waals surface area contributed by atoms with E-state index in [1.54, 1.807) is 13.0 Å². The van der Waals surface area contributed by atoms with Crippen LogP contribution in [0.1, 0.15) is 30.1 Å². The van der Waals surface area contributed by atoms with Crippen LogP contribution in [0.3, 0.4) is 0 Å². The van der Waals surface area contributed by atoms with Crippen LogP contribution in [0.15, 0.2) is 22.7 Å². The zero-order valence-corrected chi connectivity index (χ0v) is 9.50. The molecule has 1 fully saturated rings. The zero-order chi connectivity index (χ0) is 10.1. The number of ketones is 1. The van der Waals surface area contributed by atoms with Crippen molar-refractivity contribution in [2.45, 2.75) is 25.9 Å². The molecule has 1 aliphatic carbocycles. The molecule has 1 aliphatic rings. The Labute approximate surface area is 91.4 Å². The molecule has 0 amide bonds. The van der Waals surface area contributed by atoms with Crippen LogP contribution in [0.2, 0.25) is 0 Å². The molecular formula is C11H11BrO2. The van der Waals surface area contributed by atoms with Crippen molar-refractivity contribution in [1.29, 1.82) is 0 Å². The standard InChI is InChI=1S/C11H11BrO2/c1-7(13)10-6-8(12)2-5-11(10)14-9-3-4-9/h2,5-6,9H,3-4H2,1H3. The minimum Gasteiger partial charge on any atom is -0.490 e. The van der Waals surface area contributed by atoms with Crippen LogP contribution in [0.4, 0.5) is 0 Å². The van der Waals surface area contributed by atoms with Crippen molar-refractivity contribution in [2.24, 2.45) is 0 Å². The van der Waals surface area contributed by atoms with Gasteiger partial charge in [0.05, 0.1) is 11.7 Å². The van der Waals surface area contributed by atoms with Crippen molar-refractivity contribution < 1.29 is 9.53 Å². The molecule has 1 aromatic carbocycles. The van der Waals surface area contributed by atoms with Gasteiger partial charge in [0.15, 0.2) is 5.78 Å². The number of benzene rings is 1. The maximum absolute atomic E-state index is 11.3. The third-order valence-corrected chi connectivity index (χ3v) is 2.63. The molecular weight excluding hydrogens is 244 g/mol. The van der Waals surface area contributed by atoms with Gasteiger partial charge in [-0.3, -0.25) is 4.79 Å². The second-order valence-electron chi connectivity index (χ2n) is 3.51. The van der Waals surface area contributed by atoms with E-state index >= 15 is 0 Å². The maximum atomic E-state index is 11.3. The SMILES string of the molecule is CC(=O)c1cc(Br)ccc1OC1CC1. The van der Waals surface area contributed by atoms with Crippen LogP contribution in [-0.2, 0) is 0 Å². The third kappa shape index (κ3) is 2.15. The highest BCUT2D eigenvalue weighted by molar-refractivity contribution is 9.10. The fourth-order valence-corrected chi connectivity index (χ4v) is 1.61. The molecule has 0 radical (unpaired) electrons. The van der Waals surface area contributed by atoms with Crippen LogP contribution >= 0.6 is 15.9 Å². The third-order valence-electron chi connectivity index (χ3n) is 2.14. The number of halogens is 1. The molecule has 0 unspecified atom stereocenters. The highest BCUT2D eigenvalue weighted by Gasteiger charge is 2.25. The van der Waals surface area contributed by atoms with Crippen LogP contribution in [-0.4, -0.2) is 11.9 Å². The molecule has 0 N–H and O–H groups in total. The largest absolute Gasteiger partial charge is 0.490 e. The van der Waals surface area contributed by atoms with E-state index in [2.05, 4.69) is 15.9 Å². The number of carbonyl (C=O) groups excluding carboxylic acids is 1. The minimum absolute atomic E-state index is 0.0435. The molecule has 0 bridgehead atoms. The Balaban J connectivity index is 2.31. The summed E-state index contributed by atoms with van der Waals surface area (Å²) in [5, 5.41) is 0. The summed E-state index contributed by atoms with van der Waals surface area (Å²) in [5.41, 5.74) is 0.659. The Morgan fingerprint density at radius 3 is 2.79 bits per heavy atom. The van der Waals surface area contributed by atoms with Gasteiger partial charge in [-0.15, -0.1) is 0 Å². The number of ether oxygens (including phenoxy) is 1. The summed E-state index contributed by atoms with van der Waals surface area (Å²) in [6, 6.07) is 5.54. The van der Waals surface area contributed by atoms with Crippen molar-refractivity contribution in [3.05, 3.63) is 28.2 Å². The normalized spacial score (nSPS) is 15.3. The quantitative estimate of drug-likeness (QED) is 0.775. The summed E-state index contributed by atoms with van der Waals surface area (Å²) in [6.45, 7) is 1.56. The summed E-state index contributed by atoms with van der Waals surface area (Å²) in [4.78, 5) is 11.3. The minimum atomic E-state index is 0.0435. The predicted molar refractivity (Wildman–Crippen MR) is 57.8 cm³/mol. The summed E-state index contributed by atoms with van der Waals surface area (Å²) < 4.78 is 6.54. The van der Waals surface area contributed by atoms with Crippen LogP contribution < -0.4 is 4.74 Å². The second kappa shape index (κ2) is 3.73. The van der Waals surface area contributed by atoms with Gasteiger partial charge < -0.3 is 4.74 Å². The molecule has 1 aromatic rings. The van der Waals surface area contributed by atoms with Crippen LogP contribution in [0.25, 0.3) is 0 Å². The summed E-state index contributed by atoms with van der Waals surface area (Å²) in [7, 11) is 0. The molecule has 74 valence electrons. The lowest BCUT2D eigenvalue weighted by atomic mass is 10.1. The van der Waals surface area contributed by atoms with Gasteiger partial charge in [-0.25, -0.2) is 0 Å². The van der Waals surface area contributed by atoms with E-state index in [0.717, 1.165) is 17.3 Å². The Morgan fingerprint density at radius 2 is 2.21 bits per heavy atom. The first kappa shape index (κ1) is 9.71. The predicted octanol–water partition coefficient (Wildman–Crippen LogP) is 3.19.